The Morgan fingerprint density at radius 2 is 0.753 bits per heavy atom. The number of hydrogen-bond donors (Lipinski definition) is 6. The first-order valence-electron chi connectivity index (χ1n) is 53.2. The number of aryl methyl sites for hydroxylation is 14. The highest BCUT2D eigenvalue weighted by Gasteiger charge is 2.30. The van der Waals surface area contributed by atoms with E-state index < -0.39 is 0 Å². The summed E-state index contributed by atoms with van der Waals surface area (Å²) >= 11 is 2.84. The smallest absolute Gasteiger partial charge is 0.276 e. The first-order chi connectivity index (χ1) is 69.5. The van der Waals surface area contributed by atoms with Gasteiger partial charge in [0.25, 0.3) is 35.4 Å². The molecular formula is C123H157FN12O8S2. The molecule has 0 fully saturated rings. The molecule has 0 saturated heterocycles. The number of hydrogen-bond acceptors (Lipinski definition) is 14. The molecule has 0 atom stereocenters. The lowest BCUT2D eigenvalue weighted by Gasteiger charge is -2.21. The summed E-state index contributed by atoms with van der Waals surface area (Å²) in [6, 6.07) is 50.9. The van der Waals surface area contributed by atoms with Crippen LogP contribution in [0.2, 0.25) is 0 Å². The Morgan fingerprint density at radius 3 is 1.15 bits per heavy atom. The largest absolute Gasteiger partial charge is 0.492 e. The Hall–Kier alpha value is -12.1. The van der Waals surface area contributed by atoms with Crippen molar-refractivity contribution in [1.82, 2.24) is 29.5 Å². The fourth-order valence-electron chi connectivity index (χ4n) is 19.8. The van der Waals surface area contributed by atoms with Gasteiger partial charge in [-0.05, 0) is 381 Å². The van der Waals surface area contributed by atoms with Crippen LogP contribution >= 0.6 is 22.7 Å². The quantitative estimate of drug-likeness (QED) is 0.0524. The number of carbonyl (C=O) groups excluding carboxylic acids is 6. The summed E-state index contributed by atoms with van der Waals surface area (Å²) in [5, 5.41) is 35.3. The van der Waals surface area contributed by atoms with E-state index in [1.165, 1.54) is 199 Å². The fraction of sp³-hybridized carbons (Fsp3) is 0.463. The van der Waals surface area contributed by atoms with Crippen LogP contribution in [0.4, 0.5) is 38.5 Å². The Kier molecular flexibility index (Phi) is 38.1. The van der Waals surface area contributed by atoms with Crippen molar-refractivity contribution in [3.63, 3.8) is 0 Å². The van der Waals surface area contributed by atoms with Gasteiger partial charge in [0.1, 0.15) is 9.75 Å². The van der Waals surface area contributed by atoms with E-state index in [0.29, 0.717) is 32.4 Å². The van der Waals surface area contributed by atoms with Crippen LogP contribution in [0.15, 0.2) is 164 Å². The van der Waals surface area contributed by atoms with Crippen LogP contribution in [-0.2, 0) is 117 Å². The minimum absolute atomic E-state index is 0.0206. The van der Waals surface area contributed by atoms with Crippen molar-refractivity contribution in [3.05, 3.63) is 307 Å². The summed E-state index contributed by atoms with van der Waals surface area (Å²) in [5.74, 6) is -0.946. The van der Waals surface area contributed by atoms with Gasteiger partial charge in [-0.25, -0.2) is 14.4 Å². The Morgan fingerprint density at radius 1 is 0.390 bits per heavy atom. The van der Waals surface area contributed by atoms with Crippen molar-refractivity contribution in [1.29, 1.82) is 0 Å². The van der Waals surface area contributed by atoms with E-state index in [9.17, 15) is 38.3 Å². The van der Waals surface area contributed by atoms with E-state index in [1.807, 2.05) is 110 Å². The van der Waals surface area contributed by atoms with Crippen LogP contribution < -0.4 is 36.2 Å². The number of anilines is 6. The average molecular weight is 2010 g/mol. The van der Waals surface area contributed by atoms with E-state index >= 15 is 0 Å². The molecule has 0 spiro atoms. The first kappa shape index (κ1) is 111. The first-order valence-corrected chi connectivity index (χ1v) is 54.8. The number of ether oxygens (including phenoxy) is 1. The number of rotatable bonds is 15. The third-order valence-electron chi connectivity index (χ3n) is 28.3. The number of aliphatic hydroxyl groups excluding tert-OH is 1. The fourth-order valence-corrected chi connectivity index (χ4v) is 21.5. The maximum atomic E-state index is 14.9. The van der Waals surface area contributed by atoms with Gasteiger partial charge in [-0.2, -0.15) is 10.2 Å². The van der Waals surface area contributed by atoms with Crippen molar-refractivity contribution in [2.75, 3.05) is 45.6 Å². The molecule has 0 aliphatic heterocycles. The zero-order valence-corrected chi connectivity index (χ0v) is 92.0. The van der Waals surface area contributed by atoms with Gasteiger partial charge in [-0.1, -0.05) is 176 Å². The molecule has 0 bridgehead atoms. The molecule has 146 heavy (non-hydrogen) atoms. The number of aliphatic hydroxyl groups is 1. The molecule has 20 nitrogen and oxygen atoms in total. The molecule has 23 heteroatoms. The molecule has 6 N–H and O–H groups in total. The van der Waals surface area contributed by atoms with Crippen LogP contribution in [0.25, 0.3) is 0 Å². The highest BCUT2D eigenvalue weighted by Crippen LogP contribution is 2.40. The monoisotopic (exact) mass is 2010 g/mol. The average Bonchev–Trinajstić information content (AvgIpc) is 1.30. The van der Waals surface area contributed by atoms with Gasteiger partial charge in [0, 0.05) is 80.9 Å². The number of benzene rings is 8. The number of nitrogens with zero attached hydrogens (tertiary/aromatic N) is 7. The van der Waals surface area contributed by atoms with Gasteiger partial charge >= 0.3 is 0 Å². The zero-order chi connectivity index (χ0) is 105. The van der Waals surface area contributed by atoms with Crippen molar-refractivity contribution < 1.29 is 43.0 Å². The lowest BCUT2D eigenvalue weighted by Crippen LogP contribution is -2.26. The predicted octanol–water partition coefficient (Wildman–Crippen LogP) is 28.8. The van der Waals surface area contributed by atoms with E-state index in [4.69, 9.17) is 4.74 Å². The minimum Gasteiger partial charge on any atom is -0.492 e. The lowest BCUT2D eigenvalue weighted by atomic mass is 9.86. The molecule has 0 saturated carbocycles. The van der Waals surface area contributed by atoms with E-state index in [1.54, 1.807) is 17.3 Å². The van der Waals surface area contributed by atoms with E-state index in [2.05, 4.69) is 229 Å². The highest BCUT2D eigenvalue weighted by molar-refractivity contribution is 7.14. The van der Waals surface area contributed by atoms with Gasteiger partial charge in [0.05, 0.1) is 47.4 Å². The van der Waals surface area contributed by atoms with Crippen molar-refractivity contribution in [2.24, 2.45) is 0 Å². The predicted molar refractivity (Wildman–Crippen MR) is 598 cm³/mol. The van der Waals surface area contributed by atoms with Crippen molar-refractivity contribution in [2.45, 2.75) is 358 Å². The standard InChI is InChI=1S/C23H29NO2.C23H29NO.C20H25FN2O2S.C20H27N3O.C19H24N2OS.C18H23N3O/c1-23(2,3)20-11-9-16(10-12-20)22(26)24-21-14-18-8-6-4-5-7-17(18)13-19(21)15-25;1-23(2,3)20-13-10-18(11-14-20)22(25)24(4)21-15-12-17-8-6-5-7-9-19(17)16-21;1-20(2,3)19-22-11-15(26-19)18(24)23-14-10-12-8-6-5-7-9-13(12)16(21)17(14)25-4;1-14-12-18(22-23(14)20(2,3)4)19(24)21-17-11-10-15-8-6-5-7-9-16(15)13-17;1-19(2,3)18-20-12-16(23-18)17(22)21-15-10-9-13-7-5-4-6-8-14(13)11-15;1-3-21-13(2)11-17(20-21)18(22)19-16-10-9-14-7-5-4-6-8-15(14)12-16/h9-14,25H,4-8,15H2,1-3H3,(H,24,26);10-16H,5-9H2,1-4H3;10-11H,5-9H2,1-4H3,(H,23,24);10-13H,5-9H2,1-4H3,(H,21,24);9-12H,4-8H2,1-3H3,(H,21,22);9-12H,3-8H2,1-2H3,(H,19,22). The number of aromatic nitrogens is 6. The third-order valence-corrected chi connectivity index (χ3v) is 31.2. The van der Waals surface area contributed by atoms with Crippen LogP contribution in [0, 0.1) is 19.7 Å². The molecular weight excluding hydrogens is 1860 g/mol. The van der Waals surface area contributed by atoms with Crippen LogP contribution in [0.3, 0.4) is 0 Å². The molecule has 18 rings (SSSR count). The number of amides is 6. The molecule has 776 valence electrons. The Labute approximate surface area is 875 Å². The maximum absolute atomic E-state index is 14.9. The summed E-state index contributed by atoms with van der Waals surface area (Å²) in [5.41, 5.74) is 27.9. The second-order valence-corrected chi connectivity index (χ2v) is 47.3. The summed E-state index contributed by atoms with van der Waals surface area (Å²) in [7, 11) is 3.31. The SMILES string of the molecule is CC(C)(C)c1ccc(C(=O)Nc2cc3c(cc2CO)CCCCC3)cc1.CC(C)(C)c1ncc(C(=O)Nc2ccc3c(c2)CCCCC3)s1.CCn1nc(C(=O)Nc2ccc3c(c2)CCCCC3)cc1C.CN(C(=O)c1ccc(C(C)(C)C)cc1)c1ccc2c(c1)CCCCC2.COc1c(NC(=O)c2cnc(C(C)(C)C)s2)cc2c(c1F)CCCCC2.Cc1cc(C(=O)Nc2ccc3c(c2)CCCCC3)nn1C(C)(C)C. The molecule has 8 aromatic carbocycles. The molecule has 12 aromatic rings. The van der Waals surface area contributed by atoms with Gasteiger partial charge in [0.2, 0.25) is 0 Å². The number of nitrogens with one attached hydrogen (secondary N) is 5. The van der Waals surface area contributed by atoms with Gasteiger partial charge in [0.15, 0.2) is 23.0 Å². The molecule has 4 heterocycles. The highest BCUT2D eigenvalue weighted by atomic mass is 32.1. The molecule has 6 aliphatic carbocycles. The molecule has 6 aliphatic rings. The minimum atomic E-state index is -0.345. The Bertz CT molecular complexity index is 6540. The number of carbonyl (C=O) groups is 6. The van der Waals surface area contributed by atoms with E-state index in [-0.39, 0.29) is 80.8 Å². The number of halogens is 1. The zero-order valence-electron chi connectivity index (χ0n) is 90.3. The van der Waals surface area contributed by atoms with Crippen LogP contribution in [0.5, 0.6) is 5.75 Å². The van der Waals surface area contributed by atoms with Gasteiger partial charge in [-0.15, -0.1) is 22.7 Å². The molecule has 0 unspecified atom stereocenters. The number of methoxy groups -OCH3 is 1. The van der Waals surface area contributed by atoms with Crippen LogP contribution in [0.1, 0.15) is 392 Å². The third kappa shape index (κ3) is 30.1. The molecule has 4 aromatic heterocycles. The second kappa shape index (κ2) is 50.1. The lowest BCUT2D eigenvalue weighted by molar-refractivity contribution is 0.0988. The number of thiazole rings is 2. The van der Waals surface area contributed by atoms with Gasteiger partial charge < -0.3 is 41.3 Å². The summed E-state index contributed by atoms with van der Waals surface area (Å²) in [6.45, 7) is 38.5. The molecule has 6 amide bonds. The Balaban J connectivity index is 0.000000147. The maximum Gasteiger partial charge on any atom is 0.276 e. The molecule has 0 radical (unpaired) electrons. The van der Waals surface area contributed by atoms with E-state index in [0.717, 1.165) is 169 Å². The summed E-state index contributed by atoms with van der Waals surface area (Å²) in [6.07, 6.45) is 38.0. The van der Waals surface area contributed by atoms with Gasteiger partial charge in [-0.3, -0.25) is 38.1 Å². The summed E-state index contributed by atoms with van der Waals surface area (Å²) < 4.78 is 23.9. The normalized spacial score (nSPS) is 14.6. The van der Waals surface area contributed by atoms with Crippen LogP contribution in [-0.4, -0.2) is 84.2 Å². The second-order valence-electron chi connectivity index (χ2n) is 45.2. The van der Waals surface area contributed by atoms with Crippen molar-refractivity contribution >= 4 is 92.2 Å². The van der Waals surface area contributed by atoms with Crippen molar-refractivity contribution in [3.8, 4) is 5.75 Å². The number of fused-ring (bicyclic) bond motifs is 6. The topological polar surface area (TPSA) is 257 Å². The summed E-state index contributed by atoms with van der Waals surface area (Å²) in [4.78, 5) is 87.2.